The Morgan fingerprint density at radius 3 is 2.54 bits per heavy atom. The normalized spacial score (nSPS) is 17.8. The van der Waals surface area contributed by atoms with Crippen molar-refractivity contribution in [2.45, 2.75) is 32.0 Å². The van der Waals surface area contributed by atoms with Gasteiger partial charge in [-0.2, -0.15) is 0 Å². The van der Waals surface area contributed by atoms with Gasteiger partial charge in [-0.15, -0.1) is 0 Å². The van der Waals surface area contributed by atoms with Crippen molar-refractivity contribution < 1.29 is 4.79 Å². The second kappa shape index (κ2) is 7.95. The van der Waals surface area contributed by atoms with Gasteiger partial charge >= 0.3 is 0 Å². The van der Waals surface area contributed by atoms with Crippen LogP contribution in [0.25, 0.3) is 0 Å². The number of hydrogen-bond acceptors (Lipinski definition) is 2. The Morgan fingerprint density at radius 2 is 1.83 bits per heavy atom. The zero-order valence-electron chi connectivity index (χ0n) is 14.0. The van der Waals surface area contributed by atoms with Crippen LogP contribution in [0.4, 0.5) is 0 Å². The van der Waals surface area contributed by atoms with Gasteiger partial charge in [0, 0.05) is 24.6 Å². The molecule has 1 unspecified atom stereocenters. The summed E-state index contributed by atoms with van der Waals surface area (Å²) in [7, 11) is 1.91. The molecule has 1 saturated heterocycles. The Kier molecular flexibility index (Phi) is 5.69. The highest BCUT2D eigenvalue weighted by atomic mass is 79.9. The summed E-state index contributed by atoms with van der Waals surface area (Å²) in [4.78, 5) is 17.1. The fourth-order valence-electron chi connectivity index (χ4n) is 3.31. The average molecular weight is 387 g/mol. The minimum absolute atomic E-state index is 0.00524. The SMILES string of the molecule is CN(Cc1ccc(Br)cc1)C(=O)C1CCCN1Cc1ccccc1. The van der Waals surface area contributed by atoms with Crippen molar-refractivity contribution in [2.75, 3.05) is 13.6 Å². The summed E-state index contributed by atoms with van der Waals surface area (Å²) in [5.41, 5.74) is 2.43. The van der Waals surface area contributed by atoms with Crippen molar-refractivity contribution in [1.29, 1.82) is 0 Å². The van der Waals surface area contributed by atoms with E-state index in [1.807, 2.05) is 30.1 Å². The summed E-state index contributed by atoms with van der Waals surface area (Å²) >= 11 is 3.45. The number of likely N-dealkylation sites (N-methyl/N-ethyl adjacent to an activating group) is 1. The van der Waals surface area contributed by atoms with Crippen molar-refractivity contribution in [3.63, 3.8) is 0 Å². The van der Waals surface area contributed by atoms with Gasteiger partial charge in [0.1, 0.15) is 0 Å². The molecule has 1 aliphatic heterocycles. The van der Waals surface area contributed by atoms with Crippen LogP contribution in [0.1, 0.15) is 24.0 Å². The van der Waals surface area contributed by atoms with Gasteiger partial charge in [-0.25, -0.2) is 0 Å². The van der Waals surface area contributed by atoms with E-state index in [4.69, 9.17) is 0 Å². The maximum atomic E-state index is 12.9. The van der Waals surface area contributed by atoms with Crippen LogP contribution in [0, 0.1) is 0 Å². The molecule has 1 atom stereocenters. The fourth-order valence-corrected chi connectivity index (χ4v) is 3.57. The molecule has 1 fully saturated rings. The van der Waals surface area contributed by atoms with E-state index < -0.39 is 0 Å². The molecule has 2 aromatic carbocycles. The van der Waals surface area contributed by atoms with Crippen LogP contribution in [0.2, 0.25) is 0 Å². The van der Waals surface area contributed by atoms with Gasteiger partial charge in [0.25, 0.3) is 0 Å². The molecule has 0 saturated carbocycles. The van der Waals surface area contributed by atoms with E-state index in [1.54, 1.807) is 0 Å². The van der Waals surface area contributed by atoms with Gasteiger partial charge in [0.2, 0.25) is 5.91 Å². The highest BCUT2D eigenvalue weighted by Gasteiger charge is 2.32. The summed E-state index contributed by atoms with van der Waals surface area (Å²) in [6, 6.07) is 18.6. The maximum Gasteiger partial charge on any atom is 0.239 e. The summed E-state index contributed by atoms with van der Waals surface area (Å²) in [5.74, 6) is 0.228. The minimum atomic E-state index is 0.00524. The Labute approximate surface area is 152 Å². The lowest BCUT2D eigenvalue weighted by atomic mass is 10.1. The third-order valence-electron chi connectivity index (χ3n) is 4.59. The third kappa shape index (κ3) is 4.25. The molecule has 4 heteroatoms. The Hall–Kier alpha value is -1.65. The predicted octanol–water partition coefficient (Wildman–Crippen LogP) is 4.07. The lowest BCUT2D eigenvalue weighted by molar-refractivity contribution is -0.135. The first kappa shape index (κ1) is 17.2. The van der Waals surface area contributed by atoms with E-state index in [9.17, 15) is 4.79 Å². The van der Waals surface area contributed by atoms with Crippen LogP contribution < -0.4 is 0 Å². The van der Waals surface area contributed by atoms with Gasteiger partial charge in [-0.05, 0) is 42.6 Å². The molecule has 126 valence electrons. The van der Waals surface area contributed by atoms with Crippen LogP contribution >= 0.6 is 15.9 Å². The summed E-state index contributed by atoms with van der Waals surface area (Å²) in [6.45, 7) is 2.50. The quantitative estimate of drug-likeness (QED) is 0.772. The molecule has 1 aliphatic rings. The summed E-state index contributed by atoms with van der Waals surface area (Å²) in [6.07, 6.45) is 2.05. The van der Waals surface area contributed by atoms with E-state index in [0.717, 1.165) is 36.0 Å². The highest BCUT2D eigenvalue weighted by molar-refractivity contribution is 9.10. The standard InChI is InChI=1S/C20H23BrN2O/c1-22(14-17-9-11-18(21)12-10-17)20(24)19-8-5-13-23(19)15-16-6-3-2-4-7-16/h2-4,6-7,9-12,19H,5,8,13-15H2,1H3. The number of likely N-dealkylation sites (tertiary alicyclic amines) is 1. The Bertz CT molecular complexity index is 672. The molecule has 0 radical (unpaired) electrons. The summed E-state index contributed by atoms with van der Waals surface area (Å²) in [5, 5.41) is 0. The molecular weight excluding hydrogens is 364 g/mol. The largest absolute Gasteiger partial charge is 0.340 e. The smallest absolute Gasteiger partial charge is 0.239 e. The van der Waals surface area contributed by atoms with E-state index in [2.05, 4.69) is 57.2 Å². The molecule has 24 heavy (non-hydrogen) atoms. The lowest BCUT2D eigenvalue weighted by Gasteiger charge is -2.28. The molecule has 3 rings (SSSR count). The number of nitrogens with zero attached hydrogens (tertiary/aromatic N) is 2. The number of hydrogen-bond donors (Lipinski definition) is 0. The van der Waals surface area contributed by atoms with Crippen molar-refractivity contribution >= 4 is 21.8 Å². The van der Waals surface area contributed by atoms with Gasteiger partial charge < -0.3 is 4.90 Å². The molecular formula is C20H23BrN2O. The van der Waals surface area contributed by atoms with Gasteiger partial charge in [-0.1, -0.05) is 58.4 Å². The van der Waals surface area contributed by atoms with Gasteiger partial charge in [-0.3, -0.25) is 9.69 Å². The maximum absolute atomic E-state index is 12.9. The molecule has 2 aromatic rings. The molecule has 1 amide bonds. The number of amides is 1. The molecule has 1 heterocycles. The number of rotatable bonds is 5. The number of carbonyl (C=O) groups is 1. The second-order valence-electron chi connectivity index (χ2n) is 6.43. The molecule has 0 aromatic heterocycles. The van der Waals surface area contributed by atoms with Crippen molar-refractivity contribution in [3.05, 3.63) is 70.2 Å². The Balaban J connectivity index is 1.63. The Morgan fingerprint density at radius 1 is 1.12 bits per heavy atom. The van der Waals surface area contributed by atoms with Crippen LogP contribution in [0.15, 0.2) is 59.1 Å². The third-order valence-corrected chi connectivity index (χ3v) is 5.12. The average Bonchev–Trinajstić information content (AvgIpc) is 3.05. The monoisotopic (exact) mass is 386 g/mol. The summed E-state index contributed by atoms with van der Waals surface area (Å²) < 4.78 is 1.06. The van der Waals surface area contributed by atoms with Gasteiger partial charge in [0.15, 0.2) is 0 Å². The second-order valence-corrected chi connectivity index (χ2v) is 7.35. The van der Waals surface area contributed by atoms with Crippen LogP contribution in [-0.4, -0.2) is 35.3 Å². The van der Waals surface area contributed by atoms with Crippen LogP contribution in [0.3, 0.4) is 0 Å². The lowest BCUT2D eigenvalue weighted by Crippen LogP contribution is -2.43. The first-order valence-electron chi connectivity index (χ1n) is 8.41. The first-order chi connectivity index (χ1) is 11.6. The molecule has 0 spiro atoms. The highest BCUT2D eigenvalue weighted by Crippen LogP contribution is 2.22. The minimum Gasteiger partial charge on any atom is -0.340 e. The number of benzene rings is 2. The molecule has 3 nitrogen and oxygen atoms in total. The molecule has 0 bridgehead atoms. The van der Waals surface area contributed by atoms with Crippen LogP contribution in [0.5, 0.6) is 0 Å². The van der Waals surface area contributed by atoms with Crippen molar-refractivity contribution in [1.82, 2.24) is 9.80 Å². The number of carbonyl (C=O) groups excluding carboxylic acids is 1. The van der Waals surface area contributed by atoms with Crippen molar-refractivity contribution in [3.8, 4) is 0 Å². The van der Waals surface area contributed by atoms with Crippen molar-refractivity contribution in [2.24, 2.45) is 0 Å². The van der Waals surface area contributed by atoms with E-state index in [0.29, 0.717) is 6.54 Å². The van der Waals surface area contributed by atoms with E-state index >= 15 is 0 Å². The van der Waals surface area contributed by atoms with Crippen LogP contribution in [-0.2, 0) is 17.9 Å². The molecule has 0 aliphatic carbocycles. The first-order valence-corrected chi connectivity index (χ1v) is 9.20. The molecule has 0 N–H and O–H groups in total. The number of halogens is 1. The zero-order chi connectivity index (χ0) is 16.9. The fraction of sp³-hybridized carbons (Fsp3) is 0.350. The topological polar surface area (TPSA) is 23.6 Å². The van der Waals surface area contributed by atoms with E-state index in [1.165, 1.54) is 5.56 Å². The van der Waals surface area contributed by atoms with Gasteiger partial charge in [0.05, 0.1) is 6.04 Å². The van der Waals surface area contributed by atoms with E-state index in [-0.39, 0.29) is 11.9 Å². The zero-order valence-corrected chi connectivity index (χ0v) is 15.6. The predicted molar refractivity (Wildman–Crippen MR) is 100 cm³/mol.